The topological polar surface area (TPSA) is 21.3 Å². The van der Waals surface area contributed by atoms with E-state index < -0.39 is 0 Å². The smallest absolute Gasteiger partial charge is 0.0720 e. The Morgan fingerprint density at radius 1 is 0.893 bits per heavy atom. The van der Waals surface area contributed by atoms with Crippen molar-refractivity contribution in [3.05, 3.63) is 107 Å². The summed E-state index contributed by atoms with van der Waals surface area (Å²) in [6.07, 6.45) is 2.19. The molecule has 3 aromatic carbocycles. The van der Waals surface area contributed by atoms with Crippen molar-refractivity contribution in [2.75, 3.05) is 13.2 Å². The molecule has 1 aliphatic rings. The Morgan fingerprint density at radius 3 is 2.50 bits per heavy atom. The van der Waals surface area contributed by atoms with Crippen molar-refractivity contribution in [3.8, 4) is 0 Å². The van der Waals surface area contributed by atoms with Gasteiger partial charge in [0, 0.05) is 12.0 Å². The van der Waals surface area contributed by atoms with E-state index in [1.807, 2.05) is 0 Å². The van der Waals surface area contributed by atoms with Gasteiger partial charge >= 0.3 is 0 Å². The lowest BCUT2D eigenvalue weighted by Crippen LogP contribution is -2.38. The first-order valence-corrected chi connectivity index (χ1v) is 10.3. The van der Waals surface area contributed by atoms with Crippen LogP contribution >= 0.6 is 0 Å². The van der Waals surface area contributed by atoms with Gasteiger partial charge in [-0.2, -0.15) is 0 Å². The zero-order valence-electron chi connectivity index (χ0n) is 16.7. The molecule has 0 amide bonds. The number of hydrogen-bond acceptors (Lipinski definition) is 2. The molecular formula is C26H29NO. The maximum absolute atomic E-state index is 6.09. The molecule has 0 spiro atoms. The summed E-state index contributed by atoms with van der Waals surface area (Å²) >= 11 is 0. The molecule has 0 saturated carbocycles. The van der Waals surface area contributed by atoms with Crippen LogP contribution in [0.25, 0.3) is 0 Å². The average Bonchev–Trinajstić information content (AvgIpc) is 2.75. The van der Waals surface area contributed by atoms with Gasteiger partial charge in [-0.25, -0.2) is 0 Å². The third-order valence-corrected chi connectivity index (χ3v) is 6.00. The molecule has 0 aromatic heterocycles. The highest BCUT2D eigenvalue weighted by molar-refractivity contribution is 5.45. The van der Waals surface area contributed by atoms with E-state index in [2.05, 4.69) is 91.1 Å². The second kappa shape index (κ2) is 8.72. The highest BCUT2D eigenvalue weighted by Crippen LogP contribution is 2.41. The maximum atomic E-state index is 6.09. The number of fused-ring (bicyclic) bond motifs is 1. The van der Waals surface area contributed by atoms with Crippen molar-refractivity contribution in [2.45, 2.75) is 38.3 Å². The van der Waals surface area contributed by atoms with Crippen LogP contribution in [0, 0.1) is 6.92 Å². The summed E-state index contributed by atoms with van der Waals surface area (Å²) < 4.78 is 6.09. The van der Waals surface area contributed by atoms with E-state index in [4.69, 9.17) is 4.74 Å². The summed E-state index contributed by atoms with van der Waals surface area (Å²) in [6.45, 7) is 5.59. The molecular weight excluding hydrogens is 342 g/mol. The lowest BCUT2D eigenvalue weighted by molar-refractivity contribution is 0.0613. The highest BCUT2D eigenvalue weighted by Gasteiger charge is 2.38. The molecule has 0 bridgehead atoms. The lowest BCUT2D eigenvalue weighted by atomic mass is 9.69. The molecule has 28 heavy (non-hydrogen) atoms. The van der Waals surface area contributed by atoms with E-state index in [1.165, 1.54) is 27.8 Å². The van der Waals surface area contributed by atoms with E-state index in [0.29, 0.717) is 0 Å². The van der Waals surface area contributed by atoms with E-state index in [9.17, 15) is 0 Å². The molecule has 1 aliphatic heterocycles. The van der Waals surface area contributed by atoms with E-state index >= 15 is 0 Å². The third kappa shape index (κ3) is 3.89. The highest BCUT2D eigenvalue weighted by atomic mass is 16.5. The van der Waals surface area contributed by atoms with Crippen LogP contribution in [0.5, 0.6) is 0 Å². The van der Waals surface area contributed by atoms with E-state index in [1.54, 1.807) is 0 Å². The summed E-state index contributed by atoms with van der Waals surface area (Å²) in [6, 6.07) is 28.3. The standard InChI is InChI=1S/C26H29NO/c1-21-10-5-6-11-22(21)18-27-17-9-16-26(24-13-3-2-4-14-24)20-28-19-23-12-7-8-15-25(23)26/h2-8,10-15,27H,9,16-20H2,1H3. The quantitative estimate of drug-likeness (QED) is 0.563. The van der Waals surface area contributed by atoms with Crippen LogP contribution in [0.1, 0.15) is 40.7 Å². The summed E-state index contributed by atoms with van der Waals surface area (Å²) in [4.78, 5) is 0. The van der Waals surface area contributed by atoms with Gasteiger partial charge in [-0.05, 0) is 54.1 Å². The summed E-state index contributed by atoms with van der Waals surface area (Å²) in [5.41, 5.74) is 6.80. The van der Waals surface area contributed by atoms with E-state index in [-0.39, 0.29) is 5.41 Å². The summed E-state index contributed by atoms with van der Waals surface area (Å²) in [7, 11) is 0. The maximum Gasteiger partial charge on any atom is 0.0720 e. The van der Waals surface area contributed by atoms with Gasteiger partial charge in [-0.3, -0.25) is 0 Å². The van der Waals surface area contributed by atoms with Crippen LogP contribution in [0.15, 0.2) is 78.9 Å². The molecule has 0 aliphatic carbocycles. The van der Waals surface area contributed by atoms with Gasteiger partial charge in [0.25, 0.3) is 0 Å². The zero-order valence-corrected chi connectivity index (χ0v) is 16.7. The average molecular weight is 372 g/mol. The van der Waals surface area contributed by atoms with Crippen LogP contribution in [0.3, 0.4) is 0 Å². The van der Waals surface area contributed by atoms with Gasteiger partial charge in [0.1, 0.15) is 0 Å². The monoisotopic (exact) mass is 371 g/mol. The molecule has 0 fully saturated rings. The van der Waals surface area contributed by atoms with Crippen molar-refractivity contribution >= 4 is 0 Å². The van der Waals surface area contributed by atoms with Gasteiger partial charge in [-0.1, -0.05) is 78.9 Å². The van der Waals surface area contributed by atoms with E-state index in [0.717, 1.165) is 39.1 Å². The Kier molecular flexibility index (Phi) is 5.90. The van der Waals surface area contributed by atoms with Crippen LogP contribution in [0.2, 0.25) is 0 Å². The van der Waals surface area contributed by atoms with Crippen LogP contribution in [0.4, 0.5) is 0 Å². The number of hydrogen-bond donors (Lipinski definition) is 1. The molecule has 2 heteroatoms. The van der Waals surface area contributed by atoms with Crippen LogP contribution in [-0.4, -0.2) is 13.2 Å². The Bertz CT molecular complexity index is 905. The number of benzene rings is 3. The Balaban J connectivity index is 1.48. The van der Waals surface area contributed by atoms with Gasteiger partial charge in [0.15, 0.2) is 0 Å². The van der Waals surface area contributed by atoms with Crippen molar-refractivity contribution in [1.29, 1.82) is 0 Å². The lowest BCUT2D eigenvalue weighted by Gasteiger charge is -2.40. The SMILES string of the molecule is Cc1ccccc1CNCCCC1(c2ccccc2)COCc2ccccc21. The summed E-state index contributed by atoms with van der Waals surface area (Å²) in [5, 5.41) is 3.63. The Hall–Kier alpha value is -2.42. The second-order valence-corrected chi connectivity index (χ2v) is 7.80. The zero-order chi connectivity index (χ0) is 19.2. The number of ether oxygens (including phenoxy) is 1. The number of rotatable bonds is 7. The molecule has 2 nitrogen and oxygen atoms in total. The predicted molar refractivity (Wildman–Crippen MR) is 115 cm³/mol. The van der Waals surface area contributed by atoms with Crippen LogP contribution < -0.4 is 5.32 Å². The molecule has 1 atom stereocenters. The minimum absolute atomic E-state index is 0.0551. The molecule has 0 radical (unpaired) electrons. The van der Waals surface area contributed by atoms with Gasteiger partial charge < -0.3 is 10.1 Å². The first kappa shape index (κ1) is 18.9. The molecule has 1 N–H and O–H groups in total. The van der Waals surface area contributed by atoms with Crippen molar-refractivity contribution in [2.24, 2.45) is 0 Å². The first-order chi connectivity index (χ1) is 13.8. The molecule has 3 aromatic rings. The normalized spacial score (nSPS) is 18.6. The number of nitrogens with one attached hydrogen (secondary N) is 1. The van der Waals surface area contributed by atoms with Gasteiger partial charge in [0.05, 0.1) is 13.2 Å². The Labute approximate surface area is 168 Å². The molecule has 4 rings (SSSR count). The van der Waals surface area contributed by atoms with Crippen molar-refractivity contribution in [1.82, 2.24) is 5.32 Å². The molecule has 144 valence electrons. The minimum Gasteiger partial charge on any atom is -0.375 e. The largest absolute Gasteiger partial charge is 0.375 e. The third-order valence-electron chi connectivity index (χ3n) is 6.00. The minimum atomic E-state index is -0.0551. The van der Waals surface area contributed by atoms with Crippen molar-refractivity contribution in [3.63, 3.8) is 0 Å². The molecule has 0 saturated heterocycles. The first-order valence-electron chi connectivity index (χ1n) is 10.3. The molecule has 1 heterocycles. The van der Waals surface area contributed by atoms with Gasteiger partial charge in [0.2, 0.25) is 0 Å². The van der Waals surface area contributed by atoms with Crippen LogP contribution in [-0.2, 0) is 23.3 Å². The van der Waals surface area contributed by atoms with Crippen molar-refractivity contribution < 1.29 is 4.74 Å². The second-order valence-electron chi connectivity index (χ2n) is 7.80. The van der Waals surface area contributed by atoms with Gasteiger partial charge in [-0.15, -0.1) is 0 Å². The molecule has 1 unspecified atom stereocenters. The summed E-state index contributed by atoms with van der Waals surface area (Å²) in [5.74, 6) is 0. The predicted octanol–water partition coefficient (Wildman–Crippen LogP) is 5.38. The fraction of sp³-hybridized carbons (Fsp3) is 0.308. The fourth-order valence-electron chi connectivity index (χ4n) is 4.42. The number of aryl methyl sites for hydroxylation is 1. The fourth-order valence-corrected chi connectivity index (χ4v) is 4.42. The Morgan fingerprint density at radius 2 is 1.64 bits per heavy atom.